The Bertz CT molecular complexity index is 361. The Morgan fingerprint density at radius 1 is 1.33 bits per heavy atom. The maximum atomic E-state index is 5.79. The third kappa shape index (κ3) is 3.82. The van der Waals surface area contributed by atoms with Crippen LogP contribution in [0.3, 0.4) is 0 Å². The van der Waals surface area contributed by atoms with Crippen LogP contribution in [0.25, 0.3) is 0 Å². The molecule has 6 heteroatoms. The average Bonchev–Trinajstić information content (AvgIpc) is 2.85. The summed E-state index contributed by atoms with van der Waals surface area (Å²) in [5, 5.41) is 3.18. The Morgan fingerprint density at radius 2 is 2.06 bits per heavy atom. The molecule has 4 nitrogen and oxygen atoms in total. The number of hydrogen-bond acceptors (Lipinski definition) is 5. The summed E-state index contributed by atoms with van der Waals surface area (Å²) in [5.41, 5.74) is 0.992. The van der Waals surface area contributed by atoms with Gasteiger partial charge < -0.3 is 9.80 Å². The Kier molecular flexibility index (Phi) is 5.24. The second-order valence-corrected chi connectivity index (χ2v) is 5.99. The van der Waals surface area contributed by atoms with Gasteiger partial charge in [0.15, 0.2) is 5.13 Å². The van der Waals surface area contributed by atoms with Crippen LogP contribution >= 0.6 is 22.9 Å². The van der Waals surface area contributed by atoms with Gasteiger partial charge in [-0.05, 0) is 14.1 Å². The van der Waals surface area contributed by atoms with Gasteiger partial charge in [0.25, 0.3) is 0 Å². The molecule has 1 aliphatic heterocycles. The molecule has 1 saturated heterocycles. The molecule has 2 rings (SSSR count). The van der Waals surface area contributed by atoms with E-state index in [1.165, 1.54) is 0 Å². The molecule has 0 radical (unpaired) electrons. The summed E-state index contributed by atoms with van der Waals surface area (Å²) in [6, 6.07) is 0. The van der Waals surface area contributed by atoms with Crippen molar-refractivity contribution in [3.05, 3.63) is 11.1 Å². The molecule has 0 atom stereocenters. The Labute approximate surface area is 118 Å². The van der Waals surface area contributed by atoms with Gasteiger partial charge in [0.05, 0.1) is 11.6 Å². The van der Waals surface area contributed by atoms with E-state index in [0.717, 1.165) is 50.1 Å². The summed E-state index contributed by atoms with van der Waals surface area (Å²) in [6.07, 6.45) is 0. The van der Waals surface area contributed by atoms with E-state index in [1.807, 2.05) is 0 Å². The van der Waals surface area contributed by atoms with Crippen molar-refractivity contribution in [2.24, 2.45) is 0 Å². The van der Waals surface area contributed by atoms with E-state index in [2.05, 4.69) is 39.2 Å². The highest BCUT2D eigenvalue weighted by molar-refractivity contribution is 7.13. The Balaban J connectivity index is 1.79. The number of likely N-dealkylation sites (N-methyl/N-ethyl adjacent to an activating group) is 1. The minimum absolute atomic E-state index is 0.513. The first kappa shape index (κ1) is 14.1. The molecule has 0 aliphatic carbocycles. The zero-order chi connectivity index (χ0) is 13.0. The first-order chi connectivity index (χ1) is 8.69. The van der Waals surface area contributed by atoms with Crippen LogP contribution in [0.1, 0.15) is 5.69 Å². The van der Waals surface area contributed by atoms with E-state index in [1.54, 1.807) is 11.3 Å². The van der Waals surface area contributed by atoms with Crippen molar-refractivity contribution in [1.82, 2.24) is 14.8 Å². The van der Waals surface area contributed by atoms with Crippen molar-refractivity contribution in [3.63, 3.8) is 0 Å². The number of aromatic nitrogens is 1. The zero-order valence-corrected chi connectivity index (χ0v) is 12.7. The van der Waals surface area contributed by atoms with Crippen LogP contribution in [-0.4, -0.2) is 68.1 Å². The molecular weight excluding hydrogens is 268 g/mol. The van der Waals surface area contributed by atoms with Crippen LogP contribution in [0.5, 0.6) is 0 Å². The zero-order valence-electron chi connectivity index (χ0n) is 11.1. The van der Waals surface area contributed by atoms with Gasteiger partial charge in [0.1, 0.15) is 0 Å². The second-order valence-electron chi connectivity index (χ2n) is 4.89. The van der Waals surface area contributed by atoms with Gasteiger partial charge in [0, 0.05) is 44.6 Å². The number of alkyl halides is 1. The summed E-state index contributed by atoms with van der Waals surface area (Å²) >= 11 is 7.49. The van der Waals surface area contributed by atoms with Gasteiger partial charge in [-0.3, -0.25) is 4.90 Å². The van der Waals surface area contributed by atoms with Gasteiger partial charge in [-0.15, -0.1) is 22.9 Å². The quantitative estimate of drug-likeness (QED) is 0.767. The van der Waals surface area contributed by atoms with E-state index in [0.29, 0.717) is 5.88 Å². The van der Waals surface area contributed by atoms with Crippen molar-refractivity contribution in [3.8, 4) is 0 Å². The largest absolute Gasteiger partial charge is 0.346 e. The number of halogens is 1. The van der Waals surface area contributed by atoms with Crippen LogP contribution in [0, 0.1) is 0 Å². The maximum absolute atomic E-state index is 5.79. The lowest BCUT2D eigenvalue weighted by atomic mass is 10.3. The molecular formula is C12H21ClN4S. The standard InChI is InChI=1S/C12H21ClN4S/c1-15(2)3-4-16-5-7-17(8-6-16)12-14-11(9-13)10-18-12/h10H,3-9H2,1-2H3. The maximum Gasteiger partial charge on any atom is 0.185 e. The Hall–Kier alpha value is -0.360. The van der Waals surface area contributed by atoms with Crippen LogP contribution in [0.15, 0.2) is 5.38 Å². The molecule has 0 bridgehead atoms. The normalized spacial score (nSPS) is 17.7. The summed E-state index contributed by atoms with van der Waals surface area (Å²) in [7, 11) is 4.25. The van der Waals surface area contributed by atoms with E-state index in [-0.39, 0.29) is 0 Å². The number of anilines is 1. The SMILES string of the molecule is CN(C)CCN1CCN(c2nc(CCl)cs2)CC1. The molecule has 1 aliphatic rings. The molecule has 0 saturated carbocycles. The number of piperazine rings is 1. The third-order valence-corrected chi connectivity index (χ3v) is 4.41. The van der Waals surface area contributed by atoms with Gasteiger partial charge in [-0.25, -0.2) is 4.98 Å². The van der Waals surface area contributed by atoms with E-state index in [4.69, 9.17) is 11.6 Å². The predicted molar refractivity (Wildman–Crippen MR) is 78.9 cm³/mol. The van der Waals surface area contributed by atoms with E-state index in [9.17, 15) is 0 Å². The number of rotatable bonds is 5. The van der Waals surface area contributed by atoms with Crippen molar-refractivity contribution in [2.75, 3.05) is 58.3 Å². The number of hydrogen-bond donors (Lipinski definition) is 0. The fraction of sp³-hybridized carbons (Fsp3) is 0.750. The molecule has 1 fully saturated rings. The van der Waals surface area contributed by atoms with Gasteiger partial charge in [0.2, 0.25) is 0 Å². The molecule has 18 heavy (non-hydrogen) atoms. The lowest BCUT2D eigenvalue weighted by Gasteiger charge is -2.35. The molecule has 0 amide bonds. The van der Waals surface area contributed by atoms with Crippen molar-refractivity contribution in [1.29, 1.82) is 0 Å². The van der Waals surface area contributed by atoms with Crippen LogP contribution in [-0.2, 0) is 5.88 Å². The first-order valence-corrected chi connectivity index (χ1v) is 7.73. The van der Waals surface area contributed by atoms with Gasteiger partial charge in [-0.1, -0.05) is 0 Å². The average molecular weight is 289 g/mol. The van der Waals surface area contributed by atoms with E-state index < -0.39 is 0 Å². The van der Waals surface area contributed by atoms with Crippen molar-refractivity contribution < 1.29 is 0 Å². The first-order valence-electron chi connectivity index (χ1n) is 6.31. The fourth-order valence-corrected chi connectivity index (χ4v) is 3.11. The van der Waals surface area contributed by atoms with Crippen LogP contribution in [0.4, 0.5) is 5.13 Å². The lowest BCUT2D eigenvalue weighted by Crippen LogP contribution is -2.48. The molecule has 1 aromatic rings. The summed E-state index contributed by atoms with van der Waals surface area (Å²) < 4.78 is 0. The highest BCUT2D eigenvalue weighted by atomic mass is 35.5. The molecule has 0 unspecified atom stereocenters. The Morgan fingerprint density at radius 3 is 2.61 bits per heavy atom. The number of thiazole rings is 1. The summed E-state index contributed by atoms with van der Waals surface area (Å²) in [5.74, 6) is 0.513. The highest BCUT2D eigenvalue weighted by Gasteiger charge is 2.19. The van der Waals surface area contributed by atoms with Gasteiger partial charge >= 0.3 is 0 Å². The van der Waals surface area contributed by atoms with Crippen LogP contribution in [0.2, 0.25) is 0 Å². The topological polar surface area (TPSA) is 22.6 Å². The smallest absolute Gasteiger partial charge is 0.185 e. The molecule has 0 aromatic carbocycles. The summed E-state index contributed by atoms with van der Waals surface area (Å²) in [6.45, 7) is 6.69. The molecule has 0 spiro atoms. The predicted octanol–water partition coefficient (Wildman–Crippen LogP) is 1.57. The third-order valence-electron chi connectivity index (χ3n) is 3.18. The highest BCUT2D eigenvalue weighted by Crippen LogP contribution is 2.22. The van der Waals surface area contributed by atoms with Crippen LogP contribution < -0.4 is 4.90 Å². The van der Waals surface area contributed by atoms with Gasteiger partial charge in [-0.2, -0.15) is 0 Å². The monoisotopic (exact) mass is 288 g/mol. The number of nitrogens with zero attached hydrogens (tertiary/aromatic N) is 4. The van der Waals surface area contributed by atoms with E-state index >= 15 is 0 Å². The van der Waals surface area contributed by atoms with Crippen molar-refractivity contribution in [2.45, 2.75) is 5.88 Å². The minimum Gasteiger partial charge on any atom is -0.346 e. The minimum atomic E-state index is 0.513. The molecule has 102 valence electrons. The van der Waals surface area contributed by atoms with Crippen molar-refractivity contribution >= 4 is 28.1 Å². The molecule has 0 N–H and O–H groups in total. The molecule has 2 heterocycles. The summed E-state index contributed by atoms with van der Waals surface area (Å²) in [4.78, 5) is 11.7. The fourth-order valence-electron chi connectivity index (χ4n) is 2.01. The molecule has 1 aromatic heterocycles. The lowest BCUT2D eigenvalue weighted by molar-refractivity contribution is 0.229. The second kappa shape index (κ2) is 6.70.